The molecule has 1 aliphatic heterocycles. The number of ketones is 1. The fourth-order valence-electron chi connectivity index (χ4n) is 6.96. The Labute approximate surface area is 221 Å². The molecular weight excluding hydrogens is 496 g/mol. The SMILES string of the molecule is CC(=O)OC[C@@]12[C@@H](OC(C)=O)CC[C@](C)(O)C13OC(C)(C)C(C(=O)[C@H]2OCc1ccccc1)[C@H]3OC(C)=O. The van der Waals surface area contributed by atoms with E-state index < -0.39 is 76.7 Å². The van der Waals surface area contributed by atoms with E-state index in [-0.39, 0.29) is 19.4 Å². The Bertz CT molecular complexity index is 1110. The van der Waals surface area contributed by atoms with Gasteiger partial charge in [0.25, 0.3) is 0 Å². The van der Waals surface area contributed by atoms with E-state index in [9.17, 15) is 24.3 Å². The first kappa shape index (κ1) is 28.2. The van der Waals surface area contributed by atoms with Gasteiger partial charge in [-0.05, 0) is 39.2 Å². The number of carbonyl (C=O) groups excluding carboxylic acids is 4. The van der Waals surface area contributed by atoms with E-state index in [4.69, 9.17) is 23.7 Å². The third-order valence-corrected chi connectivity index (χ3v) is 8.24. The van der Waals surface area contributed by atoms with Crippen molar-refractivity contribution in [2.24, 2.45) is 11.3 Å². The molecule has 2 unspecified atom stereocenters. The zero-order chi connectivity index (χ0) is 28.1. The van der Waals surface area contributed by atoms with Crippen LogP contribution < -0.4 is 0 Å². The predicted molar refractivity (Wildman–Crippen MR) is 131 cm³/mol. The van der Waals surface area contributed by atoms with Gasteiger partial charge in [-0.25, -0.2) is 0 Å². The summed E-state index contributed by atoms with van der Waals surface area (Å²) in [5.41, 5.74) is -5.72. The van der Waals surface area contributed by atoms with Crippen molar-refractivity contribution in [3.8, 4) is 0 Å². The molecule has 4 rings (SSSR count). The number of ether oxygens (including phenoxy) is 5. The fourth-order valence-corrected chi connectivity index (χ4v) is 6.96. The van der Waals surface area contributed by atoms with Crippen LogP contribution in [0, 0.1) is 11.3 Å². The van der Waals surface area contributed by atoms with Gasteiger partial charge in [-0.2, -0.15) is 0 Å². The van der Waals surface area contributed by atoms with Gasteiger partial charge in [-0.15, -0.1) is 0 Å². The number of Topliss-reactive ketones (excluding diaryl/α,β-unsaturated/α-hetero) is 1. The van der Waals surface area contributed by atoms with Gasteiger partial charge < -0.3 is 28.8 Å². The van der Waals surface area contributed by atoms with E-state index in [0.717, 1.165) is 5.56 Å². The van der Waals surface area contributed by atoms with Crippen molar-refractivity contribution in [1.29, 1.82) is 0 Å². The van der Waals surface area contributed by atoms with E-state index in [0.29, 0.717) is 0 Å². The second kappa shape index (κ2) is 9.73. The van der Waals surface area contributed by atoms with Gasteiger partial charge in [0.05, 0.1) is 23.7 Å². The summed E-state index contributed by atoms with van der Waals surface area (Å²) in [6.45, 7) is 8.08. The van der Waals surface area contributed by atoms with Gasteiger partial charge in [0, 0.05) is 20.8 Å². The standard InChI is InChI=1S/C28H36O10/c1-16(29)35-15-27-20(36-17(2)30)12-13-26(6,33)28(27)23(37-18(3)31)21(25(4,5)38-28)22(32)24(27)34-14-19-10-8-7-9-11-19/h7-11,20-21,23-24,33H,12-15H2,1-6H3/t20-,21?,23+,24+,26-,27-,28?/m0/s1. The monoisotopic (exact) mass is 532 g/mol. The van der Waals surface area contributed by atoms with Crippen molar-refractivity contribution in [2.75, 3.05) is 6.61 Å². The number of hydrogen-bond acceptors (Lipinski definition) is 10. The maximum Gasteiger partial charge on any atom is 0.303 e. The number of hydrogen-bond donors (Lipinski definition) is 1. The fraction of sp³-hybridized carbons (Fsp3) is 0.643. The van der Waals surface area contributed by atoms with Gasteiger partial charge >= 0.3 is 17.9 Å². The third-order valence-electron chi connectivity index (χ3n) is 8.24. The van der Waals surface area contributed by atoms with Crippen LogP contribution in [-0.2, 0) is 49.5 Å². The highest BCUT2D eigenvalue weighted by Gasteiger charge is 2.86. The van der Waals surface area contributed by atoms with Gasteiger partial charge in [-0.3, -0.25) is 19.2 Å². The summed E-state index contributed by atoms with van der Waals surface area (Å²) in [5, 5.41) is 12.1. The van der Waals surface area contributed by atoms with Crippen LogP contribution >= 0.6 is 0 Å². The molecule has 1 aromatic carbocycles. The topological polar surface area (TPSA) is 135 Å². The van der Waals surface area contributed by atoms with E-state index in [1.54, 1.807) is 20.8 Å². The quantitative estimate of drug-likeness (QED) is 0.412. The molecule has 10 nitrogen and oxygen atoms in total. The molecule has 3 fully saturated rings. The summed E-state index contributed by atoms with van der Waals surface area (Å²) in [7, 11) is 0. The molecule has 0 amide bonds. The Kier molecular flexibility index (Phi) is 7.22. The van der Waals surface area contributed by atoms with Gasteiger partial charge in [0.15, 0.2) is 11.4 Å². The molecule has 1 heterocycles. The normalized spacial score (nSPS) is 37.2. The van der Waals surface area contributed by atoms with Crippen LogP contribution in [0.1, 0.15) is 59.9 Å². The minimum absolute atomic E-state index is 0.00939. The number of carbonyl (C=O) groups is 4. The molecular formula is C28H36O10. The molecule has 7 atom stereocenters. The summed E-state index contributed by atoms with van der Waals surface area (Å²) < 4.78 is 30.2. The molecule has 10 heteroatoms. The van der Waals surface area contributed by atoms with Crippen molar-refractivity contribution in [3.05, 3.63) is 35.9 Å². The largest absolute Gasteiger partial charge is 0.465 e. The summed E-state index contributed by atoms with van der Waals surface area (Å²) in [6.07, 6.45) is -3.46. The Balaban J connectivity index is 2.00. The van der Waals surface area contributed by atoms with Crippen LogP contribution in [0.3, 0.4) is 0 Å². The molecule has 3 aliphatic rings. The zero-order valence-electron chi connectivity index (χ0n) is 22.6. The summed E-state index contributed by atoms with van der Waals surface area (Å²) in [4.78, 5) is 51.3. The molecule has 1 saturated heterocycles. The van der Waals surface area contributed by atoms with Crippen molar-refractivity contribution < 1.29 is 48.0 Å². The van der Waals surface area contributed by atoms with Crippen molar-refractivity contribution in [1.82, 2.24) is 0 Å². The second-order valence-corrected chi connectivity index (χ2v) is 11.3. The average Bonchev–Trinajstić information content (AvgIpc) is 3.01. The van der Waals surface area contributed by atoms with E-state index in [2.05, 4.69) is 0 Å². The van der Waals surface area contributed by atoms with Crippen molar-refractivity contribution >= 4 is 23.7 Å². The van der Waals surface area contributed by atoms with Crippen molar-refractivity contribution in [2.45, 2.75) is 96.1 Å². The first-order valence-electron chi connectivity index (χ1n) is 12.8. The molecule has 2 bridgehead atoms. The second-order valence-electron chi connectivity index (χ2n) is 11.3. The highest BCUT2D eigenvalue weighted by Crippen LogP contribution is 2.68. The van der Waals surface area contributed by atoms with E-state index in [1.165, 1.54) is 20.8 Å². The summed E-state index contributed by atoms with van der Waals surface area (Å²) >= 11 is 0. The van der Waals surface area contributed by atoms with Crippen LogP contribution in [0.5, 0.6) is 0 Å². The first-order valence-corrected chi connectivity index (χ1v) is 12.8. The molecule has 1 N–H and O–H groups in total. The molecule has 2 aliphatic carbocycles. The minimum atomic E-state index is -1.83. The minimum Gasteiger partial charge on any atom is -0.465 e. The lowest BCUT2D eigenvalue weighted by molar-refractivity contribution is -0.339. The lowest BCUT2D eigenvalue weighted by Gasteiger charge is -2.64. The van der Waals surface area contributed by atoms with Crippen LogP contribution in [0.4, 0.5) is 0 Å². The molecule has 0 radical (unpaired) electrons. The van der Waals surface area contributed by atoms with E-state index in [1.807, 2.05) is 30.3 Å². The highest BCUT2D eigenvalue weighted by atomic mass is 16.6. The number of fused-ring (bicyclic) bond motifs is 1. The molecule has 38 heavy (non-hydrogen) atoms. The third kappa shape index (κ3) is 4.23. The summed E-state index contributed by atoms with van der Waals surface area (Å²) in [6, 6.07) is 9.18. The summed E-state index contributed by atoms with van der Waals surface area (Å²) in [5.74, 6) is -3.43. The smallest absolute Gasteiger partial charge is 0.303 e. The number of esters is 3. The van der Waals surface area contributed by atoms with Gasteiger partial charge in [-0.1, -0.05) is 30.3 Å². The van der Waals surface area contributed by atoms with Gasteiger partial charge in [0.2, 0.25) is 0 Å². The Hall–Kier alpha value is -2.82. The van der Waals surface area contributed by atoms with Crippen LogP contribution in [0.2, 0.25) is 0 Å². The van der Waals surface area contributed by atoms with Crippen LogP contribution in [0.25, 0.3) is 0 Å². The Morgan fingerprint density at radius 1 is 1.00 bits per heavy atom. The lowest BCUT2D eigenvalue weighted by atomic mass is 9.46. The highest BCUT2D eigenvalue weighted by molar-refractivity contribution is 5.91. The van der Waals surface area contributed by atoms with Crippen LogP contribution in [0.15, 0.2) is 30.3 Å². The molecule has 2 saturated carbocycles. The van der Waals surface area contributed by atoms with E-state index >= 15 is 0 Å². The number of aliphatic hydroxyl groups is 1. The van der Waals surface area contributed by atoms with Crippen molar-refractivity contribution in [3.63, 3.8) is 0 Å². The number of rotatable bonds is 7. The number of benzene rings is 1. The molecule has 1 spiro atoms. The predicted octanol–water partition coefficient (Wildman–Crippen LogP) is 2.28. The first-order chi connectivity index (χ1) is 17.7. The molecule has 1 aromatic rings. The molecule has 208 valence electrons. The maximum atomic E-state index is 14.4. The van der Waals surface area contributed by atoms with Gasteiger partial charge in [0.1, 0.15) is 30.3 Å². The maximum absolute atomic E-state index is 14.4. The lowest BCUT2D eigenvalue weighted by Crippen LogP contribution is -2.82. The Morgan fingerprint density at radius 3 is 2.21 bits per heavy atom. The average molecular weight is 533 g/mol. The zero-order valence-corrected chi connectivity index (χ0v) is 22.6. The van der Waals surface area contributed by atoms with Crippen LogP contribution in [-0.4, -0.2) is 70.5 Å². The molecule has 0 aromatic heterocycles. The Morgan fingerprint density at radius 2 is 1.63 bits per heavy atom.